The molecule has 1 fully saturated rings. The molecule has 1 aliphatic rings. The molecule has 1 amide bonds. The van der Waals surface area contributed by atoms with Crippen molar-refractivity contribution in [1.82, 2.24) is 0 Å². The average molecular weight is 234 g/mol. The van der Waals surface area contributed by atoms with Crippen LogP contribution in [0, 0.1) is 6.92 Å². The first-order chi connectivity index (χ1) is 7.61. The summed E-state index contributed by atoms with van der Waals surface area (Å²) in [6, 6.07) is 5.79. The number of nitrogens with zero attached hydrogens (tertiary/aromatic N) is 1. The monoisotopic (exact) mass is 234 g/mol. The maximum Gasteiger partial charge on any atom is 0.227 e. The Balaban J connectivity index is 2.51. The highest BCUT2D eigenvalue weighted by atomic mass is 32.1. The van der Waals surface area contributed by atoms with Crippen molar-refractivity contribution >= 4 is 28.8 Å². The van der Waals surface area contributed by atoms with Crippen molar-refractivity contribution in [2.75, 3.05) is 11.4 Å². The standard InChI is InChI=1S/C12H14N2OS/c1-8-4-2-5-9(11(8)12(13)16)14-7-3-6-10(14)15/h2,4-5H,3,6-7H2,1H3,(H2,13,16). The van der Waals surface area contributed by atoms with Gasteiger partial charge in [-0.15, -0.1) is 0 Å². The molecule has 0 unspecified atom stereocenters. The van der Waals surface area contributed by atoms with Gasteiger partial charge in [-0.05, 0) is 25.0 Å². The Labute approximate surface area is 100 Å². The molecule has 3 nitrogen and oxygen atoms in total. The molecule has 0 spiro atoms. The molecule has 0 saturated carbocycles. The number of anilines is 1. The van der Waals surface area contributed by atoms with E-state index >= 15 is 0 Å². The summed E-state index contributed by atoms with van der Waals surface area (Å²) in [7, 11) is 0. The fraction of sp³-hybridized carbons (Fsp3) is 0.333. The van der Waals surface area contributed by atoms with Gasteiger partial charge in [0, 0.05) is 18.5 Å². The molecule has 0 aliphatic carbocycles. The van der Waals surface area contributed by atoms with Crippen molar-refractivity contribution in [1.29, 1.82) is 0 Å². The second-order valence-electron chi connectivity index (χ2n) is 3.98. The van der Waals surface area contributed by atoms with E-state index in [2.05, 4.69) is 0 Å². The van der Waals surface area contributed by atoms with Crippen LogP contribution < -0.4 is 10.6 Å². The summed E-state index contributed by atoms with van der Waals surface area (Å²) in [5, 5.41) is 0. The van der Waals surface area contributed by atoms with E-state index < -0.39 is 0 Å². The van der Waals surface area contributed by atoms with Crippen LogP contribution in [0.15, 0.2) is 18.2 Å². The Morgan fingerprint density at radius 3 is 2.81 bits per heavy atom. The average Bonchev–Trinajstić information content (AvgIpc) is 2.63. The predicted molar refractivity (Wildman–Crippen MR) is 68.7 cm³/mol. The quantitative estimate of drug-likeness (QED) is 0.793. The maximum atomic E-state index is 11.7. The van der Waals surface area contributed by atoms with Gasteiger partial charge in [-0.25, -0.2) is 0 Å². The molecule has 0 radical (unpaired) electrons. The van der Waals surface area contributed by atoms with Crippen molar-refractivity contribution in [3.05, 3.63) is 29.3 Å². The third-order valence-corrected chi connectivity index (χ3v) is 3.07. The van der Waals surface area contributed by atoms with Crippen LogP contribution in [0.5, 0.6) is 0 Å². The molecular formula is C12H14N2OS. The SMILES string of the molecule is Cc1cccc(N2CCCC2=O)c1C(N)=S. The molecule has 4 heteroatoms. The molecule has 1 saturated heterocycles. The van der Waals surface area contributed by atoms with E-state index in [4.69, 9.17) is 18.0 Å². The molecule has 16 heavy (non-hydrogen) atoms. The van der Waals surface area contributed by atoms with Gasteiger partial charge in [0.05, 0.1) is 5.69 Å². The zero-order valence-electron chi connectivity index (χ0n) is 9.19. The molecule has 0 bridgehead atoms. The number of hydrogen-bond donors (Lipinski definition) is 1. The summed E-state index contributed by atoms with van der Waals surface area (Å²) in [5.41, 5.74) is 8.42. The molecule has 1 heterocycles. The van der Waals surface area contributed by atoms with E-state index in [-0.39, 0.29) is 5.91 Å². The van der Waals surface area contributed by atoms with Crippen molar-refractivity contribution in [3.8, 4) is 0 Å². The number of carbonyl (C=O) groups excluding carboxylic acids is 1. The molecule has 1 aromatic carbocycles. The molecule has 2 N–H and O–H groups in total. The molecule has 0 aromatic heterocycles. The van der Waals surface area contributed by atoms with Crippen LogP contribution in [-0.2, 0) is 4.79 Å². The predicted octanol–water partition coefficient (Wildman–Crippen LogP) is 1.76. The fourth-order valence-electron chi connectivity index (χ4n) is 2.10. The molecule has 2 rings (SSSR count). The summed E-state index contributed by atoms with van der Waals surface area (Å²) in [4.78, 5) is 13.8. The molecule has 84 valence electrons. The highest BCUT2D eigenvalue weighted by Crippen LogP contribution is 2.27. The highest BCUT2D eigenvalue weighted by Gasteiger charge is 2.24. The summed E-state index contributed by atoms with van der Waals surface area (Å²) in [6.07, 6.45) is 1.52. The first-order valence-corrected chi connectivity index (χ1v) is 5.72. The number of hydrogen-bond acceptors (Lipinski definition) is 2. The van der Waals surface area contributed by atoms with Crippen molar-refractivity contribution in [2.24, 2.45) is 5.73 Å². The zero-order valence-corrected chi connectivity index (χ0v) is 10.0. The van der Waals surface area contributed by atoms with Crippen LogP contribution in [0.4, 0.5) is 5.69 Å². The van der Waals surface area contributed by atoms with E-state index in [0.717, 1.165) is 29.8 Å². The van der Waals surface area contributed by atoms with E-state index in [1.165, 1.54) is 0 Å². The fourth-order valence-corrected chi connectivity index (χ4v) is 2.37. The van der Waals surface area contributed by atoms with Gasteiger partial charge in [-0.3, -0.25) is 4.79 Å². The minimum Gasteiger partial charge on any atom is -0.389 e. The Morgan fingerprint density at radius 1 is 1.50 bits per heavy atom. The van der Waals surface area contributed by atoms with Crippen LogP contribution in [0.25, 0.3) is 0 Å². The number of nitrogens with two attached hydrogens (primary N) is 1. The molecule has 1 aliphatic heterocycles. The lowest BCUT2D eigenvalue weighted by Gasteiger charge is -2.20. The van der Waals surface area contributed by atoms with Gasteiger partial charge in [0.25, 0.3) is 0 Å². The zero-order chi connectivity index (χ0) is 11.7. The number of amides is 1. The van der Waals surface area contributed by atoms with Crippen LogP contribution in [0.1, 0.15) is 24.0 Å². The topological polar surface area (TPSA) is 46.3 Å². The van der Waals surface area contributed by atoms with Gasteiger partial charge in [0.1, 0.15) is 4.99 Å². The lowest BCUT2D eigenvalue weighted by Crippen LogP contribution is -2.27. The van der Waals surface area contributed by atoms with Gasteiger partial charge < -0.3 is 10.6 Å². The Bertz CT molecular complexity index is 456. The Hall–Kier alpha value is -1.42. The van der Waals surface area contributed by atoms with Gasteiger partial charge >= 0.3 is 0 Å². The van der Waals surface area contributed by atoms with Gasteiger partial charge in [-0.2, -0.15) is 0 Å². The lowest BCUT2D eigenvalue weighted by atomic mass is 10.1. The van der Waals surface area contributed by atoms with E-state index in [0.29, 0.717) is 11.4 Å². The van der Waals surface area contributed by atoms with E-state index in [1.807, 2.05) is 25.1 Å². The van der Waals surface area contributed by atoms with Crippen LogP contribution >= 0.6 is 12.2 Å². The summed E-state index contributed by atoms with van der Waals surface area (Å²) in [5.74, 6) is 0.156. The second kappa shape index (κ2) is 4.22. The largest absolute Gasteiger partial charge is 0.389 e. The van der Waals surface area contributed by atoms with Crippen LogP contribution in [0.2, 0.25) is 0 Å². The van der Waals surface area contributed by atoms with Crippen LogP contribution in [-0.4, -0.2) is 17.4 Å². The third-order valence-electron chi connectivity index (χ3n) is 2.86. The maximum absolute atomic E-state index is 11.7. The van der Waals surface area contributed by atoms with Crippen LogP contribution in [0.3, 0.4) is 0 Å². The summed E-state index contributed by atoms with van der Waals surface area (Å²) in [6.45, 7) is 2.72. The minimum absolute atomic E-state index is 0.156. The number of aryl methyl sites for hydroxylation is 1. The normalized spacial score (nSPS) is 15.6. The number of thiocarbonyl (C=S) groups is 1. The first kappa shape index (κ1) is 11.1. The number of benzene rings is 1. The third kappa shape index (κ3) is 1.80. The van der Waals surface area contributed by atoms with E-state index in [9.17, 15) is 4.79 Å². The Morgan fingerprint density at radius 2 is 2.25 bits per heavy atom. The first-order valence-electron chi connectivity index (χ1n) is 5.31. The number of rotatable bonds is 2. The molecule has 1 aromatic rings. The van der Waals surface area contributed by atoms with Crippen molar-refractivity contribution in [3.63, 3.8) is 0 Å². The Kier molecular flexibility index (Phi) is 2.92. The molecule has 0 atom stereocenters. The highest BCUT2D eigenvalue weighted by molar-refractivity contribution is 7.80. The minimum atomic E-state index is 0.156. The van der Waals surface area contributed by atoms with Crippen molar-refractivity contribution < 1.29 is 4.79 Å². The summed E-state index contributed by atoms with van der Waals surface area (Å²) < 4.78 is 0. The number of carbonyl (C=O) groups is 1. The van der Waals surface area contributed by atoms with E-state index in [1.54, 1.807) is 4.90 Å². The van der Waals surface area contributed by atoms with Gasteiger partial charge in [0.2, 0.25) is 5.91 Å². The van der Waals surface area contributed by atoms with Crippen molar-refractivity contribution in [2.45, 2.75) is 19.8 Å². The van der Waals surface area contributed by atoms with Gasteiger partial charge in [-0.1, -0.05) is 24.4 Å². The molecular weight excluding hydrogens is 220 g/mol. The van der Waals surface area contributed by atoms with Gasteiger partial charge in [0.15, 0.2) is 0 Å². The summed E-state index contributed by atoms with van der Waals surface area (Å²) >= 11 is 5.05. The lowest BCUT2D eigenvalue weighted by molar-refractivity contribution is -0.117. The smallest absolute Gasteiger partial charge is 0.227 e. The second-order valence-corrected chi connectivity index (χ2v) is 4.42.